The Hall–Kier alpha value is -3.91. The van der Waals surface area contributed by atoms with E-state index in [0.717, 1.165) is 33.3 Å². The fourth-order valence-electron chi connectivity index (χ4n) is 4.45. The second-order valence-corrected chi connectivity index (χ2v) is 9.19. The summed E-state index contributed by atoms with van der Waals surface area (Å²) in [4.78, 5) is 34.4. The molecule has 2 aromatic carbocycles. The number of para-hydroxylation sites is 1. The smallest absolute Gasteiger partial charge is 0.267 e. The van der Waals surface area contributed by atoms with Gasteiger partial charge in [-0.05, 0) is 36.2 Å². The Balaban J connectivity index is 1.52. The van der Waals surface area contributed by atoms with Crippen LogP contribution in [0.4, 0.5) is 11.5 Å². The van der Waals surface area contributed by atoms with Crippen molar-refractivity contribution in [2.75, 3.05) is 16.5 Å². The predicted molar refractivity (Wildman–Crippen MR) is 129 cm³/mol. The van der Waals surface area contributed by atoms with Crippen molar-refractivity contribution in [1.82, 2.24) is 15.0 Å². The van der Waals surface area contributed by atoms with Crippen molar-refractivity contribution in [1.29, 1.82) is 0 Å². The second kappa shape index (κ2) is 7.31. The van der Waals surface area contributed by atoms with E-state index in [0.29, 0.717) is 11.5 Å². The number of carbonyl (C=O) groups is 2. The summed E-state index contributed by atoms with van der Waals surface area (Å²) in [5.74, 6) is 0.221. The third kappa shape index (κ3) is 2.91. The molecule has 0 aliphatic carbocycles. The molecule has 2 aromatic heterocycles. The van der Waals surface area contributed by atoms with E-state index in [1.807, 2.05) is 73.7 Å². The molecule has 0 saturated carbocycles. The standard InChI is InChI=1S/C25H19N5O2S/c1-15-7-5-11-19-21(15)27-24(32)25(19)30(20(31)14-33-25)29-23-18(16-8-3-2-4-9-16)13-17-10-6-12-26-22(17)28-23/h2-13H,14H2,1H3,(H,27,32)(H,26,28,29). The van der Waals surface area contributed by atoms with Crippen LogP contribution in [0.15, 0.2) is 72.9 Å². The summed E-state index contributed by atoms with van der Waals surface area (Å²) in [5, 5.41) is 5.30. The van der Waals surface area contributed by atoms with Gasteiger partial charge in [0.1, 0.15) is 0 Å². The van der Waals surface area contributed by atoms with Gasteiger partial charge in [-0.3, -0.25) is 15.0 Å². The molecule has 7 nitrogen and oxygen atoms in total. The Bertz CT molecular complexity index is 1440. The maximum absolute atomic E-state index is 13.3. The topological polar surface area (TPSA) is 87.2 Å². The van der Waals surface area contributed by atoms with Crippen LogP contribution in [0.2, 0.25) is 0 Å². The molecule has 162 valence electrons. The van der Waals surface area contributed by atoms with Gasteiger partial charge in [0.2, 0.25) is 4.87 Å². The number of fused-ring (bicyclic) bond motifs is 3. The summed E-state index contributed by atoms with van der Waals surface area (Å²) >= 11 is 1.31. The highest BCUT2D eigenvalue weighted by atomic mass is 32.2. The van der Waals surface area contributed by atoms with Crippen molar-refractivity contribution < 1.29 is 9.59 Å². The Morgan fingerprint density at radius 1 is 1.06 bits per heavy atom. The van der Waals surface area contributed by atoms with Gasteiger partial charge in [0.15, 0.2) is 11.5 Å². The van der Waals surface area contributed by atoms with E-state index < -0.39 is 4.87 Å². The Kier molecular flexibility index (Phi) is 4.38. The number of anilines is 2. The second-order valence-electron chi connectivity index (χ2n) is 8.03. The normalized spacial score (nSPS) is 19.2. The van der Waals surface area contributed by atoms with Gasteiger partial charge in [0.05, 0.1) is 11.4 Å². The zero-order chi connectivity index (χ0) is 22.6. The highest BCUT2D eigenvalue weighted by Gasteiger charge is 2.59. The first-order valence-corrected chi connectivity index (χ1v) is 11.5. The summed E-state index contributed by atoms with van der Waals surface area (Å²) in [6, 6.07) is 21.4. The fourth-order valence-corrected chi connectivity index (χ4v) is 5.69. The van der Waals surface area contributed by atoms with Gasteiger partial charge in [-0.2, -0.15) is 0 Å². The average Bonchev–Trinajstić information content (AvgIpc) is 3.32. The summed E-state index contributed by atoms with van der Waals surface area (Å²) in [6.07, 6.45) is 1.68. The van der Waals surface area contributed by atoms with Crippen LogP contribution < -0.4 is 10.7 Å². The molecule has 8 heteroatoms. The Labute approximate surface area is 194 Å². The molecule has 1 spiro atoms. The number of aryl methyl sites for hydroxylation is 1. The molecule has 2 amide bonds. The van der Waals surface area contributed by atoms with Gasteiger partial charge in [0.25, 0.3) is 11.8 Å². The SMILES string of the molecule is Cc1cccc2c1NC(=O)C21SCC(=O)N1Nc1nc2ncccc2cc1-c1ccccc1. The van der Waals surface area contributed by atoms with E-state index in [4.69, 9.17) is 4.98 Å². The molecule has 1 unspecified atom stereocenters. The Morgan fingerprint density at radius 3 is 2.76 bits per heavy atom. The molecule has 1 atom stereocenters. The third-order valence-corrected chi connectivity index (χ3v) is 7.44. The van der Waals surface area contributed by atoms with Crippen molar-refractivity contribution in [3.63, 3.8) is 0 Å². The lowest BCUT2D eigenvalue weighted by atomic mass is 10.0. The van der Waals surface area contributed by atoms with Gasteiger partial charge < -0.3 is 5.32 Å². The molecule has 2 aliphatic heterocycles. The van der Waals surface area contributed by atoms with Crippen LogP contribution >= 0.6 is 11.8 Å². The first-order chi connectivity index (χ1) is 16.1. The van der Waals surface area contributed by atoms with Gasteiger partial charge in [0, 0.05) is 22.7 Å². The number of amides is 2. The van der Waals surface area contributed by atoms with Crippen LogP contribution in [0.5, 0.6) is 0 Å². The van der Waals surface area contributed by atoms with Crippen LogP contribution in [-0.2, 0) is 14.5 Å². The Morgan fingerprint density at radius 2 is 1.91 bits per heavy atom. The molecule has 2 N–H and O–H groups in total. The summed E-state index contributed by atoms with van der Waals surface area (Å²) < 4.78 is 0. The molecule has 33 heavy (non-hydrogen) atoms. The van der Waals surface area contributed by atoms with E-state index in [1.165, 1.54) is 16.8 Å². The maximum Gasteiger partial charge on any atom is 0.267 e. The maximum atomic E-state index is 13.3. The van der Waals surface area contributed by atoms with E-state index in [1.54, 1.807) is 6.20 Å². The van der Waals surface area contributed by atoms with Gasteiger partial charge in [-0.25, -0.2) is 15.0 Å². The van der Waals surface area contributed by atoms with E-state index >= 15 is 0 Å². The van der Waals surface area contributed by atoms with Crippen LogP contribution in [0.1, 0.15) is 11.1 Å². The molecule has 4 aromatic rings. The minimum Gasteiger partial charge on any atom is -0.322 e. The number of carbonyl (C=O) groups excluding carboxylic acids is 2. The number of rotatable bonds is 3. The van der Waals surface area contributed by atoms with Crippen LogP contribution in [0.3, 0.4) is 0 Å². The number of pyridine rings is 2. The van der Waals surface area contributed by atoms with Gasteiger partial charge in [-0.1, -0.05) is 48.5 Å². The average molecular weight is 454 g/mol. The lowest BCUT2D eigenvalue weighted by Crippen LogP contribution is -2.50. The van der Waals surface area contributed by atoms with Crippen molar-refractivity contribution in [2.24, 2.45) is 0 Å². The van der Waals surface area contributed by atoms with Crippen molar-refractivity contribution in [3.05, 3.63) is 84.1 Å². The summed E-state index contributed by atoms with van der Waals surface area (Å²) in [6.45, 7) is 1.95. The highest BCUT2D eigenvalue weighted by Crippen LogP contribution is 2.53. The minimum absolute atomic E-state index is 0.181. The van der Waals surface area contributed by atoms with E-state index in [-0.39, 0.29) is 17.6 Å². The fraction of sp³-hybridized carbons (Fsp3) is 0.120. The zero-order valence-electron chi connectivity index (χ0n) is 17.7. The number of hydrazine groups is 1. The zero-order valence-corrected chi connectivity index (χ0v) is 18.5. The molecule has 0 radical (unpaired) electrons. The lowest BCUT2D eigenvalue weighted by molar-refractivity contribution is -0.134. The minimum atomic E-state index is -1.20. The molecule has 6 rings (SSSR count). The first-order valence-electron chi connectivity index (χ1n) is 10.5. The number of thioether (sulfide) groups is 1. The van der Waals surface area contributed by atoms with Crippen LogP contribution in [0, 0.1) is 6.92 Å². The quantitative estimate of drug-likeness (QED) is 0.481. The van der Waals surface area contributed by atoms with Gasteiger partial charge in [-0.15, -0.1) is 11.8 Å². The number of hydrogen-bond donors (Lipinski definition) is 2. The van der Waals surface area contributed by atoms with E-state index in [9.17, 15) is 9.59 Å². The molecule has 1 saturated heterocycles. The number of hydrogen-bond acceptors (Lipinski definition) is 6. The number of aromatic nitrogens is 2. The van der Waals surface area contributed by atoms with Crippen molar-refractivity contribution in [3.8, 4) is 11.1 Å². The molecule has 1 fully saturated rings. The molecule has 4 heterocycles. The summed E-state index contributed by atoms with van der Waals surface area (Å²) in [7, 11) is 0. The lowest BCUT2D eigenvalue weighted by Gasteiger charge is -2.33. The van der Waals surface area contributed by atoms with Crippen molar-refractivity contribution >= 4 is 46.1 Å². The first kappa shape index (κ1) is 19.8. The number of nitrogens with one attached hydrogen (secondary N) is 2. The number of benzene rings is 2. The molecular formula is C25H19N5O2S. The predicted octanol–water partition coefficient (Wildman–Crippen LogP) is 4.31. The van der Waals surface area contributed by atoms with Gasteiger partial charge >= 0.3 is 0 Å². The highest BCUT2D eigenvalue weighted by molar-refractivity contribution is 8.02. The molecule has 2 aliphatic rings. The van der Waals surface area contributed by atoms with Crippen LogP contribution in [0.25, 0.3) is 22.2 Å². The van der Waals surface area contributed by atoms with Crippen molar-refractivity contribution in [2.45, 2.75) is 11.8 Å². The summed E-state index contributed by atoms with van der Waals surface area (Å²) in [5.41, 5.74) is 8.03. The molecule has 0 bridgehead atoms. The third-order valence-electron chi connectivity index (χ3n) is 6.05. The van der Waals surface area contributed by atoms with Crippen LogP contribution in [-0.4, -0.2) is 32.5 Å². The number of nitrogens with zero attached hydrogens (tertiary/aromatic N) is 3. The monoisotopic (exact) mass is 453 g/mol. The largest absolute Gasteiger partial charge is 0.322 e. The van der Waals surface area contributed by atoms with E-state index in [2.05, 4.69) is 15.7 Å². The molecular weight excluding hydrogens is 434 g/mol.